The van der Waals surface area contributed by atoms with Crippen molar-refractivity contribution >= 4 is 59.4 Å². The first kappa shape index (κ1) is 29.5. The number of rotatable bonds is 7. The van der Waals surface area contributed by atoms with Crippen LogP contribution in [0.15, 0.2) is 28.7 Å². The molecule has 176 valence electrons. The van der Waals surface area contributed by atoms with Gasteiger partial charge in [0.15, 0.2) is 0 Å². The molecule has 1 aromatic carbocycles. The molecule has 0 saturated carbocycles. The van der Waals surface area contributed by atoms with Gasteiger partial charge in [-0.1, -0.05) is 55.6 Å². The number of nitrogens with zero attached hydrogens (tertiary/aromatic N) is 4. The number of halogens is 7. The summed E-state index contributed by atoms with van der Waals surface area (Å²) in [5.41, 5.74) is -0.467. The van der Waals surface area contributed by atoms with E-state index in [0.29, 0.717) is 28.8 Å². The molecule has 5 nitrogen and oxygen atoms in total. The van der Waals surface area contributed by atoms with Gasteiger partial charge in [-0.3, -0.25) is 0 Å². The Labute approximate surface area is 220 Å². The third-order valence-corrected chi connectivity index (χ3v) is 7.76. The summed E-state index contributed by atoms with van der Waals surface area (Å²) in [6.07, 6.45) is -3.66. The van der Waals surface area contributed by atoms with E-state index in [1.54, 1.807) is 31.2 Å². The molecular weight excluding hydrogens is 656 g/mol. The average molecular weight is 674 g/mol. The maximum atomic E-state index is 13.4. The Balaban J connectivity index is 0.000000461. The maximum absolute atomic E-state index is 13.4. The van der Waals surface area contributed by atoms with Crippen LogP contribution in [0.25, 0.3) is 11.3 Å². The van der Waals surface area contributed by atoms with Crippen molar-refractivity contribution in [3.05, 3.63) is 45.0 Å². The zero-order valence-electron chi connectivity index (χ0n) is 17.2. The molecule has 1 aromatic heterocycles. The highest BCUT2D eigenvalue weighted by molar-refractivity contribution is 9.12. The lowest BCUT2D eigenvalue weighted by atomic mass is 10.1. The molecule has 12 heteroatoms. The van der Waals surface area contributed by atoms with Crippen LogP contribution in [0.1, 0.15) is 31.0 Å². The summed E-state index contributed by atoms with van der Waals surface area (Å²) < 4.78 is 45.5. The van der Waals surface area contributed by atoms with E-state index in [2.05, 4.69) is 53.9 Å². The van der Waals surface area contributed by atoms with Gasteiger partial charge in [-0.2, -0.15) is 29.0 Å². The molecule has 1 atom stereocenters. The van der Waals surface area contributed by atoms with Crippen molar-refractivity contribution in [3.8, 4) is 29.5 Å². The molecule has 2 rings (SSSR count). The number of hydrogen-bond acceptors (Lipinski definition) is 4. The second-order valence-electron chi connectivity index (χ2n) is 6.42. The van der Waals surface area contributed by atoms with Crippen molar-refractivity contribution in [3.63, 3.8) is 0 Å². The molecule has 0 N–H and O–H groups in total. The monoisotopic (exact) mass is 670 g/mol. The largest absolute Gasteiger partial charge is 0.432 e. The van der Waals surface area contributed by atoms with E-state index in [1.165, 1.54) is 0 Å². The van der Waals surface area contributed by atoms with Gasteiger partial charge in [0.1, 0.15) is 22.8 Å². The molecule has 0 spiro atoms. The molecule has 0 aliphatic carbocycles. The molecular formula is C21H17Br3ClF3N4O. The van der Waals surface area contributed by atoms with Crippen molar-refractivity contribution < 1.29 is 17.9 Å². The summed E-state index contributed by atoms with van der Waals surface area (Å²) in [7, 11) is 0. The predicted octanol–water partition coefficient (Wildman–Crippen LogP) is 7.80. The van der Waals surface area contributed by atoms with E-state index in [4.69, 9.17) is 26.9 Å². The first-order valence-corrected chi connectivity index (χ1v) is 12.3. The van der Waals surface area contributed by atoms with E-state index in [-0.39, 0.29) is 29.1 Å². The third kappa shape index (κ3) is 8.02. The van der Waals surface area contributed by atoms with Crippen molar-refractivity contribution in [2.45, 2.75) is 37.0 Å². The van der Waals surface area contributed by atoms with Gasteiger partial charge in [-0.25, -0.2) is 0 Å². The van der Waals surface area contributed by atoms with E-state index in [0.717, 1.165) is 4.57 Å². The number of alkyl halides is 5. The Hall–Kier alpha value is -1.55. The van der Waals surface area contributed by atoms with Gasteiger partial charge in [0, 0.05) is 23.4 Å². The molecule has 33 heavy (non-hydrogen) atoms. The lowest BCUT2D eigenvalue weighted by Gasteiger charge is -2.15. The quantitative estimate of drug-likeness (QED) is 0.281. The van der Waals surface area contributed by atoms with Crippen LogP contribution in [0, 0.1) is 34.0 Å². The fraction of sp³-hybridized carbons (Fsp3) is 0.381. The Morgan fingerprint density at radius 3 is 2.18 bits per heavy atom. The summed E-state index contributed by atoms with van der Waals surface area (Å²) >= 11 is 15.1. The number of aromatic nitrogens is 1. The smallest absolute Gasteiger partial charge is 0.361 e. The van der Waals surface area contributed by atoms with Crippen LogP contribution in [-0.4, -0.2) is 20.8 Å². The summed E-state index contributed by atoms with van der Waals surface area (Å²) in [5.74, 6) is 0. The van der Waals surface area contributed by atoms with E-state index in [1.807, 2.05) is 12.1 Å². The normalized spacial score (nSPS) is 12.5. The molecule has 0 saturated heterocycles. The number of benzene rings is 1. The van der Waals surface area contributed by atoms with Gasteiger partial charge >= 0.3 is 6.18 Å². The number of hydrogen-bond donors (Lipinski definition) is 0. The third-order valence-electron chi connectivity index (χ3n) is 4.17. The van der Waals surface area contributed by atoms with E-state index < -0.39 is 16.2 Å². The van der Waals surface area contributed by atoms with Gasteiger partial charge in [0.2, 0.25) is 0 Å². The van der Waals surface area contributed by atoms with Crippen LogP contribution in [0.3, 0.4) is 0 Å². The highest BCUT2D eigenvalue weighted by Crippen LogP contribution is 2.43. The van der Waals surface area contributed by atoms with Gasteiger partial charge in [0.25, 0.3) is 0 Å². The summed E-state index contributed by atoms with van der Waals surface area (Å²) in [5, 5.41) is 27.1. The fourth-order valence-electron chi connectivity index (χ4n) is 2.59. The topological polar surface area (TPSA) is 85.5 Å². The first-order chi connectivity index (χ1) is 15.5. The fourth-order valence-corrected chi connectivity index (χ4v) is 4.04. The predicted molar refractivity (Wildman–Crippen MR) is 130 cm³/mol. The SMILES string of the molecule is CCOCn1c(-c2ccc(Cl)cc2)c(C#N)c(Br)c1C(F)(F)F.N#CCCC(Br)(C#N)CBr. The van der Waals surface area contributed by atoms with Crippen LogP contribution in [0.2, 0.25) is 5.02 Å². The van der Waals surface area contributed by atoms with Crippen LogP contribution >= 0.6 is 59.4 Å². The Morgan fingerprint density at radius 1 is 1.15 bits per heavy atom. The highest BCUT2D eigenvalue weighted by Gasteiger charge is 2.40. The number of nitriles is 3. The summed E-state index contributed by atoms with van der Waals surface area (Å²) in [6, 6.07) is 12.1. The van der Waals surface area contributed by atoms with Gasteiger partial charge in [-0.15, -0.1) is 0 Å². The summed E-state index contributed by atoms with van der Waals surface area (Å²) in [4.78, 5) is 0. The van der Waals surface area contributed by atoms with Crippen LogP contribution in [0.4, 0.5) is 13.2 Å². The van der Waals surface area contributed by atoms with Crippen LogP contribution < -0.4 is 0 Å². The number of ether oxygens (including phenoxy) is 1. The molecule has 0 amide bonds. The Kier molecular flexibility index (Phi) is 11.9. The Morgan fingerprint density at radius 2 is 1.76 bits per heavy atom. The minimum absolute atomic E-state index is 0.0978. The molecule has 0 fully saturated rings. The molecule has 0 aliphatic heterocycles. The second-order valence-corrected chi connectivity index (χ2v) is 9.73. The first-order valence-electron chi connectivity index (χ1n) is 9.25. The minimum Gasteiger partial charge on any atom is -0.361 e. The lowest BCUT2D eigenvalue weighted by Crippen LogP contribution is -2.19. The molecule has 1 heterocycles. The van der Waals surface area contributed by atoms with Crippen molar-refractivity contribution in [2.24, 2.45) is 0 Å². The van der Waals surface area contributed by atoms with Crippen molar-refractivity contribution in [1.82, 2.24) is 4.57 Å². The zero-order chi connectivity index (χ0) is 25.2. The Bertz CT molecular complexity index is 1070. The summed E-state index contributed by atoms with van der Waals surface area (Å²) in [6.45, 7) is 1.61. The zero-order valence-corrected chi connectivity index (χ0v) is 22.7. The van der Waals surface area contributed by atoms with Gasteiger partial charge in [-0.05, 0) is 47.0 Å². The second kappa shape index (κ2) is 13.4. The van der Waals surface area contributed by atoms with Crippen LogP contribution in [-0.2, 0) is 17.6 Å². The van der Waals surface area contributed by atoms with Gasteiger partial charge in [0.05, 0.1) is 27.9 Å². The molecule has 0 radical (unpaired) electrons. The van der Waals surface area contributed by atoms with E-state index in [9.17, 15) is 18.4 Å². The molecule has 2 aromatic rings. The molecule has 0 bridgehead atoms. The molecule has 1 unspecified atom stereocenters. The van der Waals surface area contributed by atoms with E-state index >= 15 is 0 Å². The van der Waals surface area contributed by atoms with Gasteiger partial charge < -0.3 is 9.30 Å². The highest BCUT2D eigenvalue weighted by atomic mass is 79.9. The average Bonchev–Trinajstić information content (AvgIpc) is 3.08. The lowest BCUT2D eigenvalue weighted by molar-refractivity contribution is -0.146. The van der Waals surface area contributed by atoms with Crippen molar-refractivity contribution in [2.75, 3.05) is 11.9 Å². The molecule has 0 aliphatic rings. The minimum atomic E-state index is -4.63. The maximum Gasteiger partial charge on any atom is 0.432 e. The van der Waals surface area contributed by atoms with Crippen LogP contribution in [0.5, 0.6) is 0 Å². The van der Waals surface area contributed by atoms with Crippen molar-refractivity contribution in [1.29, 1.82) is 15.8 Å². The standard InChI is InChI=1S/C15H11BrClF3N2O.C6H6Br2N2/c1-2-23-8-22-13(9-3-5-10(17)6-4-9)11(7-21)12(16)14(22)15(18,19)20;7-4-6(8,5-10)2-1-3-9/h3-6H,2,8H2,1H3;1-2,4H2.